The molecule has 0 aromatic heterocycles. The maximum Gasteiger partial charge on any atom is 0.0249 e. The summed E-state index contributed by atoms with van der Waals surface area (Å²) >= 11 is 0. The van der Waals surface area contributed by atoms with Gasteiger partial charge in [-0.25, -0.2) is 0 Å². The molecule has 88 valence electrons. The third-order valence-electron chi connectivity index (χ3n) is 4.71. The van der Waals surface area contributed by atoms with Gasteiger partial charge in [-0.15, -0.1) is 0 Å². The average molecular weight is 210 g/mol. The van der Waals surface area contributed by atoms with Crippen molar-refractivity contribution < 1.29 is 0 Å². The third kappa shape index (κ3) is 2.07. The van der Waals surface area contributed by atoms with Crippen molar-refractivity contribution in [3.05, 3.63) is 0 Å². The summed E-state index contributed by atoms with van der Waals surface area (Å²) in [7, 11) is 0. The van der Waals surface area contributed by atoms with Gasteiger partial charge in [0.25, 0.3) is 0 Å². The van der Waals surface area contributed by atoms with E-state index in [-0.39, 0.29) is 0 Å². The van der Waals surface area contributed by atoms with Gasteiger partial charge in [0.05, 0.1) is 0 Å². The topological polar surface area (TPSA) is 29.3 Å². The van der Waals surface area contributed by atoms with Gasteiger partial charge in [0.1, 0.15) is 0 Å². The van der Waals surface area contributed by atoms with Gasteiger partial charge < -0.3 is 5.73 Å². The van der Waals surface area contributed by atoms with Gasteiger partial charge in [0, 0.05) is 25.2 Å². The third-order valence-corrected chi connectivity index (χ3v) is 4.71. The van der Waals surface area contributed by atoms with Gasteiger partial charge in [0.2, 0.25) is 0 Å². The summed E-state index contributed by atoms with van der Waals surface area (Å²) in [6.07, 6.45) is 6.93. The van der Waals surface area contributed by atoms with Crippen LogP contribution in [0.3, 0.4) is 0 Å². The first-order chi connectivity index (χ1) is 7.30. The second-order valence-electron chi connectivity index (χ2n) is 5.41. The second-order valence-corrected chi connectivity index (χ2v) is 5.41. The van der Waals surface area contributed by atoms with E-state index >= 15 is 0 Å². The first-order valence-electron chi connectivity index (χ1n) is 6.75. The Bertz CT molecular complexity index is 201. The maximum absolute atomic E-state index is 5.99. The zero-order chi connectivity index (χ0) is 10.8. The molecule has 3 unspecified atom stereocenters. The highest BCUT2D eigenvalue weighted by atomic mass is 15.2. The van der Waals surface area contributed by atoms with E-state index in [1.807, 2.05) is 0 Å². The number of nitrogens with two attached hydrogens (primary N) is 1. The Morgan fingerprint density at radius 1 is 1.27 bits per heavy atom. The van der Waals surface area contributed by atoms with Crippen LogP contribution in [0.25, 0.3) is 0 Å². The van der Waals surface area contributed by atoms with E-state index in [1.165, 1.54) is 38.6 Å². The van der Waals surface area contributed by atoms with E-state index in [0.717, 1.165) is 24.4 Å². The van der Waals surface area contributed by atoms with Gasteiger partial charge in [0.15, 0.2) is 0 Å². The Kier molecular flexibility index (Phi) is 3.68. The van der Waals surface area contributed by atoms with Crippen LogP contribution in [0.15, 0.2) is 0 Å². The summed E-state index contributed by atoms with van der Waals surface area (Å²) in [5, 5.41) is 0. The lowest BCUT2D eigenvalue weighted by Crippen LogP contribution is -2.48. The van der Waals surface area contributed by atoms with Crippen LogP contribution < -0.4 is 5.73 Å². The molecule has 15 heavy (non-hydrogen) atoms. The molecule has 1 aliphatic heterocycles. The second kappa shape index (κ2) is 4.84. The molecule has 0 aromatic rings. The monoisotopic (exact) mass is 210 g/mol. The molecule has 0 spiro atoms. The van der Waals surface area contributed by atoms with Gasteiger partial charge in [-0.2, -0.15) is 0 Å². The largest absolute Gasteiger partial charge is 0.329 e. The zero-order valence-electron chi connectivity index (χ0n) is 10.3. The standard InChI is InChI=1S/C13H26N2/c1-3-11(4-2)13(8-14)15-9-10-5-6-12(15)7-10/h10-13H,3-9,14H2,1-2H3. The number of piperidine rings is 1. The summed E-state index contributed by atoms with van der Waals surface area (Å²) in [6, 6.07) is 1.54. The molecule has 2 fully saturated rings. The summed E-state index contributed by atoms with van der Waals surface area (Å²) < 4.78 is 0. The van der Waals surface area contributed by atoms with Crippen LogP contribution in [-0.2, 0) is 0 Å². The number of fused-ring (bicyclic) bond motifs is 2. The number of nitrogens with zero attached hydrogens (tertiary/aromatic N) is 1. The predicted octanol–water partition coefficient (Wildman–Crippen LogP) is 2.23. The molecule has 2 heteroatoms. The summed E-state index contributed by atoms with van der Waals surface area (Å²) in [4.78, 5) is 2.74. The normalized spacial score (nSPS) is 32.8. The van der Waals surface area contributed by atoms with E-state index < -0.39 is 0 Å². The Labute approximate surface area is 94.2 Å². The molecule has 0 aromatic carbocycles. The number of rotatable bonds is 5. The highest BCUT2D eigenvalue weighted by molar-refractivity contribution is 4.96. The van der Waals surface area contributed by atoms with Crippen LogP contribution in [0.1, 0.15) is 46.0 Å². The Balaban J connectivity index is 2.00. The summed E-state index contributed by atoms with van der Waals surface area (Å²) in [5.74, 6) is 1.81. The van der Waals surface area contributed by atoms with E-state index in [1.54, 1.807) is 0 Å². The van der Waals surface area contributed by atoms with Gasteiger partial charge in [-0.05, 0) is 31.1 Å². The molecule has 1 heterocycles. The smallest absolute Gasteiger partial charge is 0.0249 e. The molecule has 1 saturated carbocycles. The van der Waals surface area contributed by atoms with Crippen molar-refractivity contribution >= 4 is 0 Å². The lowest BCUT2D eigenvalue weighted by Gasteiger charge is -2.38. The summed E-state index contributed by atoms with van der Waals surface area (Å²) in [5.41, 5.74) is 5.99. The molecular weight excluding hydrogens is 184 g/mol. The first-order valence-corrected chi connectivity index (χ1v) is 6.75. The van der Waals surface area contributed by atoms with Gasteiger partial charge in [-0.3, -0.25) is 4.90 Å². The quantitative estimate of drug-likeness (QED) is 0.754. The van der Waals surface area contributed by atoms with Crippen molar-refractivity contribution in [2.45, 2.75) is 58.0 Å². The highest BCUT2D eigenvalue weighted by Gasteiger charge is 2.41. The molecular formula is C13H26N2. The van der Waals surface area contributed by atoms with Gasteiger partial charge >= 0.3 is 0 Å². The van der Waals surface area contributed by atoms with E-state index in [9.17, 15) is 0 Å². The van der Waals surface area contributed by atoms with Gasteiger partial charge in [-0.1, -0.05) is 26.7 Å². The minimum Gasteiger partial charge on any atom is -0.329 e. The number of hydrogen-bond donors (Lipinski definition) is 1. The van der Waals surface area contributed by atoms with E-state index in [2.05, 4.69) is 18.7 Å². The molecule has 2 bridgehead atoms. The van der Waals surface area contributed by atoms with Crippen molar-refractivity contribution in [2.75, 3.05) is 13.1 Å². The van der Waals surface area contributed by atoms with Crippen LogP contribution in [0.5, 0.6) is 0 Å². The van der Waals surface area contributed by atoms with Crippen LogP contribution in [0.2, 0.25) is 0 Å². The Morgan fingerprint density at radius 2 is 2.00 bits per heavy atom. The number of likely N-dealkylation sites (tertiary alicyclic amines) is 1. The lowest BCUT2D eigenvalue weighted by atomic mass is 9.91. The SMILES string of the molecule is CCC(CC)C(CN)N1CC2CCC1C2. The van der Waals surface area contributed by atoms with Crippen LogP contribution in [0, 0.1) is 11.8 Å². The van der Waals surface area contributed by atoms with E-state index in [4.69, 9.17) is 5.73 Å². The Morgan fingerprint density at radius 3 is 2.40 bits per heavy atom. The highest BCUT2D eigenvalue weighted by Crippen LogP contribution is 2.40. The Hall–Kier alpha value is -0.0800. The van der Waals surface area contributed by atoms with Crippen LogP contribution in [-0.4, -0.2) is 30.1 Å². The molecule has 0 amide bonds. The van der Waals surface area contributed by atoms with E-state index in [0.29, 0.717) is 6.04 Å². The minimum atomic E-state index is 0.662. The molecule has 0 radical (unpaired) electrons. The van der Waals surface area contributed by atoms with Crippen LogP contribution >= 0.6 is 0 Å². The maximum atomic E-state index is 5.99. The number of hydrogen-bond acceptors (Lipinski definition) is 2. The molecule has 1 aliphatic carbocycles. The molecule has 2 nitrogen and oxygen atoms in total. The van der Waals surface area contributed by atoms with Crippen molar-refractivity contribution in [2.24, 2.45) is 17.6 Å². The van der Waals surface area contributed by atoms with Crippen LogP contribution in [0.4, 0.5) is 0 Å². The molecule has 2 rings (SSSR count). The molecule has 1 saturated heterocycles. The van der Waals surface area contributed by atoms with Crippen molar-refractivity contribution in [3.8, 4) is 0 Å². The fraction of sp³-hybridized carbons (Fsp3) is 1.00. The lowest BCUT2D eigenvalue weighted by molar-refractivity contribution is 0.104. The van der Waals surface area contributed by atoms with Crippen molar-refractivity contribution in [3.63, 3.8) is 0 Å². The molecule has 2 aliphatic rings. The fourth-order valence-electron chi connectivity index (χ4n) is 3.80. The molecule has 2 N–H and O–H groups in total. The fourth-order valence-corrected chi connectivity index (χ4v) is 3.80. The van der Waals surface area contributed by atoms with Crippen molar-refractivity contribution in [1.29, 1.82) is 0 Å². The predicted molar refractivity (Wildman–Crippen MR) is 64.7 cm³/mol. The molecule has 3 atom stereocenters. The average Bonchev–Trinajstić information content (AvgIpc) is 2.87. The zero-order valence-corrected chi connectivity index (χ0v) is 10.3. The van der Waals surface area contributed by atoms with Crippen molar-refractivity contribution in [1.82, 2.24) is 4.90 Å². The first kappa shape index (κ1) is 11.4. The minimum absolute atomic E-state index is 0.662. The summed E-state index contributed by atoms with van der Waals surface area (Å²) in [6.45, 7) is 6.81.